The van der Waals surface area contributed by atoms with E-state index in [4.69, 9.17) is 0 Å². The summed E-state index contributed by atoms with van der Waals surface area (Å²) < 4.78 is 67.6. The fourth-order valence-electron chi connectivity index (χ4n) is 4.57. The van der Waals surface area contributed by atoms with Crippen LogP contribution in [0.5, 0.6) is 0 Å². The second kappa shape index (κ2) is 11.0. The van der Waals surface area contributed by atoms with E-state index in [0.717, 1.165) is 25.3 Å². The minimum absolute atomic E-state index is 0.000516. The first-order valence-electron chi connectivity index (χ1n) is 12.9. The Hall–Kier alpha value is -3.34. The molecular formula is C28H34F3N5O2S. The van der Waals surface area contributed by atoms with Crippen molar-refractivity contribution in [3.8, 4) is 0 Å². The van der Waals surface area contributed by atoms with Crippen LogP contribution in [0.15, 0.2) is 53.6 Å². The van der Waals surface area contributed by atoms with Gasteiger partial charge in [0.05, 0.1) is 16.2 Å². The largest absolute Gasteiger partial charge is 0.418 e. The third-order valence-corrected chi connectivity index (χ3v) is 8.52. The first-order chi connectivity index (χ1) is 18.2. The molecule has 0 amide bonds. The summed E-state index contributed by atoms with van der Waals surface area (Å²) in [7, 11) is -3.50. The van der Waals surface area contributed by atoms with Crippen LogP contribution in [-0.2, 0) is 16.0 Å². The maximum atomic E-state index is 14.0. The lowest BCUT2D eigenvalue weighted by atomic mass is 10.0. The van der Waals surface area contributed by atoms with E-state index in [-0.39, 0.29) is 28.0 Å². The summed E-state index contributed by atoms with van der Waals surface area (Å²) in [5.41, 5.74) is 0.495. The summed E-state index contributed by atoms with van der Waals surface area (Å²) in [5.74, 6) is 0.512. The number of halogens is 3. The molecule has 1 aliphatic rings. The van der Waals surface area contributed by atoms with Gasteiger partial charge in [-0.05, 0) is 68.0 Å². The summed E-state index contributed by atoms with van der Waals surface area (Å²) in [6.45, 7) is 8.58. The van der Waals surface area contributed by atoms with Gasteiger partial charge in [0.2, 0.25) is 5.95 Å². The highest BCUT2D eigenvalue weighted by molar-refractivity contribution is 7.91. The molecule has 1 saturated heterocycles. The SMILES string of the molecule is Cc1cnc(Nc2ccc(N3CCCCC3)c(C(F)(F)F)c2)nc1Nc1cccc(S(=O)(=O)CC(C)(C)C)c1. The van der Waals surface area contributed by atoms with E-state index in [0.29, 0.717) is 30.2 Å². The molecular weight excluding hydrogens is 527 g/mol. The van der Waals surface area contributed by atoms with Crippen molar-refractivity contribution in [2.45, 2.75) is 58.0 Å². The van der Waals surface area contributed by atoms with Crippen LogP contribution >= 0.6 is 0 Å². The van der Waals surface area contributed by atoms with E-state index in [9.17, 15) is 21.6 Å². The van der Waals surface area contributed by atoms with Gasteiger partial charge in [-0.25, -0.2) is 13.4 Å². The van der Waals surface area contributed by atoms with Gasteiger partial charge in [-0.1, -0.05) is 26.8 Å². The molecule has 1 aliphatic heterocycles. The number of hydrogen-bond acceptors (Lipinski definition) is 7. The zero-order valence-electron chi connectivity index (χ0n) is 22.6. The van der Waals surface area contributed by atoms with Crippen molar-refractivity contribution in [3.05, 3.63) is 59.8 Å². The highest BCUT2D eigenvalue weighted by Crippen LogP contribution is 2.39. The summed E-state index contributed by atoms with van der Waals surface area (Å²) in [4.78, 5) is 10.7. The number of piperidine rings is 1. The van der Waals surface area contributed by atoms with E-state index in [1.807, 2.05) is 20.8 Å². The second-order valence-corrected chi connectivity index (χ2v) is 13.1. The maximum Gasteiger partial charge on any atom is 0.418 e. The Morgan fingerprint density at radius 1 is 0.949 bits per heavy atom. The van der Waals surface area contributed by atoms with Gasteiger partial charge in [-0.3, -0.25) is 0 Å². The van der Waals surface area contributed by atoms with E-state index < -0.39 is 27.0 Å². The van der Waals surface area contributed by atoms with Gasteiger partial charge in [0, 0.05) is 41.9 Å². The number of nitrogens with one attached hydrogen (secondary N) is 2. The van der Waals surface area contributed by atoms with Gasteiger partial charge in [-0.2, -0.15) is 18.2 Å². The van der Waals surface area contributed by atoms with Crippen LogP contribution in [0.1, 0.15) is 51.2 Å². The molecule has 2 N–H and O–H groups in total. The Morgan fingerprint density at radius 2 is 1.64 bits per heavy atom. The average Bonchev–Trinajstić information content (AvgIpc) is 2.85. The molecule has 0 radical (unpaired) electrons. The Labute approximate surface area is 227 Å². The standard InChI is InChI=1S/C28H34F3N5O2S/c1-19-17-32-26(34-21-11-12-24(23(16-21)28(29,30)31)36-13-6-5-7-14-36)35-25(19)33-20-9-8-10-22(15-20)39(37,38)18-27(2,3)4/h8-12,15-17H,5-7,13-14,18H2,1-4H3,(H2,32,33,34,35). The molecule has 4 rings (SSSR count). The highest BCUT2D eigenvalue weighted by Gasteiger charge is 2.35. The average molecular weight is 562 g/mol. The molecule has 1 aromatic heterocycles. The summed E-state index contributed by atoms with van der Waals surface area (Å²) in [5, 5.41) is 6.00. The number of sulfone groups is 1. The molecule has 1 fully saturated rings. The number of aryl methyl sites for hydroxylation is 1. The number of alkyl halides is 3. The summed E-state index contributed by atoms with van der Waals surface area (Å²) in [6.07, 6.45) is -0.199. The van der Waals surface area contributed by atoms with Crippen molar-refractivity contribution in [2.24, 2.45) is 5.41 Å². The Kier molecular flexibility index (Phi) is 8.11. The molecule has 0 spiro atoms. The van der Waals surface area contributed by atoms with Crippen molar-refractivity contribution in [2.75, 3.05) is 34.4 Å². The fraction of sp³-hybridized carbons (Fsp3) is 0.429. The van der Waals surface area contributed by atoms with Gasteiger partial charge in [0.25, 0.3) is 0 Å². The number of rotatable bonds is 7. The number of nitrogens with zero attached hydrogens (tertiary/aromatic N) is 3. The molecule has 0 aliphatic carbocycles. The third kappa shape index (κ3) is 7.40. The zero-order chi connectivity index (χ0) is 28.4. The summed E-state index contributed by atoms with van der Waals surface area (Å²) in [6, 6.07) is 10.6. The number of benzene rings is 2. The third-order valence-electron chi connectivity index (χ3n) is 6.31. The highest BCUT2D eigenvalue weighted by atomic mass is 32.2. The van der Waals surface area contributed by atoms with Gasteiger partial charge in [-0.15, -0.1) is 0 Å². The van der Waals surface area contributed by atoms with Gasteiger partial charge >= 0.3 is 6.18 Å². The Morgan fingerprint density at radius 3 is 2.31 bits per heavy atom. The molecule has 0 atom stereocenters. The normalized spacial score (nSPS) is 14.8. The van der Waals surface area contributed by atoms with Crippen LogP contribution in [0.25, 0.3) is 0 Å². The van der Waals surface area contributed by atoms with Crippen LogP contribution in [0.4, 0.5) is 42.0 Å². The van der Waals surface area contributed by atoms with E-state index in [1.165, 1.54) is 6.07 Å². The molecule has 0 bridgehead atoms. The monoisotopic (exact) mass is 561 g/mol. The van der Waals surface area contributed by atoms with Gasteiger partial charge in [0.1, 0.15) is 5.82 Å². The van der Waals surface area contributed by atoms with Crippen molar-refractivity contribution >= 4 is 38.7 Å². The zero-order valence-corrected chi connectivity index (χ0v) is 23.4. The van der Waals surface area contributed by atoms with Crippen LogP contribution in [-0.4, -0.2) is 37.2 Å². The van der Waals surface area contributed by atoms with Crippen LogP contribution < -0.4 is 15.5 Å². The molecule has 3 aromatic rings. The van der Waals surface area contributed by atoms with E-state index >= 15 is 0 Å². The molecule has 2 heterocycles. The predicted octanol–water partition coefficient (Wildman–Crippen LogP) is 7.10. The lowest BCUT2D eigenvalue weighted by molar-refractivity contribution is -0.137. The van der Waals surface area contributed by atoms with Crippen molar-refractivity contribution < 1.29 is 21.6 Å². The first kappa shape index (κ1) is 28.7. The fourth-order valence-corrected chi connectivity index (χ4v) is 6.47. The van der Waals surface area contributed by atoms with Crippen LogP contribution in [0, 0.1) is 12.3 Å². The predicted molar refractivity (Wildman–Crippen MR) is 149 cm³/mol. The smallest absolute Gasteiger partial charge is 0.371 e. The Balaban J connectivity index is 1.57. The van der Waals surface area contributed by atoms with Crippen molar-refractivity contribution in [1.82, 2.24) is 9.97 Å². The van der Waals surface area contributed by atoms with Crippen molar-refractivity contribution in [3.63, 3.8) is 0 Å². The topological polar surface area (TPSA) is 87.2 Å². The first-order valence-corrected chi connectivity index (χ1v) is 14.5. The van der Waals surface area contributed by atoms with E-state index in [1.54, 1.807) is 48.4 Å². The van der Waals surface area contributed by atoms with Crippen molar-refractivity contribution in [1.29, 1.82) is 0 Å². The lowest BCUT2D eigenvalue weighted by Gasteiger charge is -2.31. The molecule has 11 heteroatoms. The molecule has 7 nitrogen and oxygen atoms in total. The second-order valence-electron chi connectivity index (χ2n) is 11.1. The molecule has 39 heavy (non-hydrogen) atoms. The molecule has 2 aromatic carbocycles. The molecule has 0 saturated carbocycles. The number of anilines is 5. The Bertz CT molecular complexity index is 1430. The van der Waals surface area contributed by atoms with E-state index in [2.05, 4.69) is 20.6 Å². The number of aromatic nitrogens is 2. The minimum Gasteiger partial charge on any atom is -0.371 e. The summed E-state index contributed by atoms with van der Waals surface area (Å²) >= 11 is 0. The molecule has 0 unspecified atom stereocenters. The van der Waals surface area contributed by atoms with Crippen LogP contribution in [0.3, 0.4) is 0 Å². The maximum absolute atomic E-state index is 14.0. The number of hydrogen-bond donors (Lipinski definition) is 2. The van der Waals surface area contributed by atoms with Crippen LogP contribution in [0.2, 0.25) is 0 Å². The van der Waals surface area contributed by atoms with Gasteiger partial charge < -0.3 is 15.5 Å². The molecule has 210 valence electrons. The minimum atomic E-state index is -4.51. The lowest BCUT2D eigenvalue weighted by Crippen LogP contribution is -2.31. The quantitative estimate of drug-likeness (QED) is 0.318. The van der Waals surface area contributed by atoms with Gasteiger partial charge in [0.15, 0.2) is 9.84 Å².